The third kappa shape index (κ3) is 4.18. The maximum atomic E-state index is 13.4. The fourth-order valence-corrected chi connectivity index (χ4v) is 4.22. The second kappa shape index (κ2) is 9.13. The average Bonchev–Trinajstić information content (AvgIpc) is 3.51. The van der Waals surface area contributed by atoms with Gasteiger partial charge < -0.3 is 19.4 Å². The van der Waals surface area contributed by atoms with Crippen LogP contribution in [0.4, 0.5) is 0 Å². The Balaban J connectivity index is 1.47. The molecule has 0 bridgehead atoms. The summed E-state index contributed by atoms with van der Waals surface area (Å²) >= 11 is 0. The largest absolute Gasteiger partial charge is 0.454 e. The number of aromatic nitrogens is 4. The molecule has 1 unspecified atom stereocenters. The Hall–Kier alpha value is -4.34. The minimum atomic E-state index is -0.585. The fourth-order valence-electron chi connectivity index (χ4n) is 4.22. The van der Waals surface area contributed by atoms with Crippen LogP contribution < -0.4 is 26.0 Å². The Bertz CT molecular complexity index is 1520. The number of rotatable bonds is 7. The molecule has 4 aromatic rings. The van der Waals surface area contributed by atoms with Crippen molar-refractivity contribution in [2.75, 3.05) is 6.79 Å². The van der Waals surface area contributed by atoms with Crippen LogP contribution in [0, 0.1) is 0 Å². The summed E-state index contributed by atoms with van der Waals surface area (Å²) in [5, 5.41) is 2.86. The molecule has 10 heteroatoms. The van der Waals surface area contributed by atoms with Crippen molar-refractivity contribution in [2.45, 2.75) is 39.5 Å². The van der Waals surface area contributed by atoms with Gasteiger partial charge in [-0.1, -0.05) is 36.4 Å². The average molecular weight is 476 g/mol. The van der Waals surface area contributed by atoms with Crippen molar-refractivity contribution < 1.29 is 14.3 Å². The number of nitrogens with one attached hydrogen (secondary N) is 1. The van der Waals surface area contributed by atoms with Gasteiger partial charge in [0.1, 0.15) is 6.54 Å². The molecule has 1 aliphatic heterocycles. The molecule has 2 aromatic heterocycles. The SMILES string of the molecule is CCn1cnc2c1c(=O)n(CC(=O)NC(C)c1ccc3c(c1)OCO3)c(=O)n2Cc1ccccc1. The van der Waals surface area contributed by atoms with Crippen LogP contribution in [-0.4, -0.2) is 31.4 Å². The number of amides is 1. The summed E-state index contributed by atoms with van der Waals surface area (Å²) in [7, 11) is 0. The van der Waals surface area contributed by atoms with E-state index in [2.05, 4.69) is 10.3 Å². The summed E-state index contributed by atoms with van der Waals surface area (Å²) in [5.41, 5.74) is 1.16. The van der Waals surface area contributed by atoms with Crippen LogP contribution in [0.5, 0.6) is 11.5 Å². The molecule has 1 amide bonds. The molecule has 0 radical (unpaired) electrons. The third-order valence-electron chi connectivity index (χ3n) is 6.08. The molecular formula is C25H25N5O5. The predicted octanol–water partition coefficient (Wildman–Crippen LogP) is 2.03. The topological polar surface area (TPSA) is 109 Å². The van der Waals surface area contributed by atoms with E-state index in [1.165, 1.54) is 4.57 Å². The molecule has 1 atom stereocenters. The lowest BCUT2D eigenvalue weighted by atomic mass is 10.1. The number of nitrogens with zero attached hydrogens (tertiary/aromatic N) is 4. The zero-order valence-electron chi connectivity index (χ0n) is 19.4. The van der Waals surface area contributed by atoms with Crippen LogP contribution >= 0.6 is 0 Å². The van der Waals surface area contributed by atoms with E-state index in [4.69, 9.17) is 9.47 Å². The molecule has 3 heterocycles. The molecule has 1 aliphatic rings. The number of ether oxygens (including phenoxy) is 2. The van der Waals surface area contributed by atoms with Crippen molar-refractivity contribution in [1.82, 2.24) is 24.0 Å². The second-order valence-electron chi connectivity index (χ2n) is 8.35. The molecule has 0 saturated carbocycles. The van der Waals surface area contributed by atoms with Gasteiger partial charge in [-0.15, -0.1) is 0 Å². The highest BCUT2D eigenvalue weighted by atomic mass is 16.7. The van der Waals surface area contributed by atoms with Crippen LogP contribution in [0.3, 0.4) is 0 Å². The zero-order chi connectivity index (χ0) is 24.5. The maximum Gasteiger partial charge on any atom is 0.333 e. The van der Waals surface area contributed by atoms with Crippen molar-refractivity contribution in [2.24, 2.45) is 0 Å². The smallest absolute Gasteiger partial charge is 0.333 e. The third-order valence-corrected chi connectivity index (χ3v) is 6.08. The number of aryl methyl sites for hydroxylation is 1. The Labute approximate surface area is 200 Å². The number of hydrogen-bond donors (Lipinski definition) is 1. The standard InChI is InChI=1S/C25H25N5O5/c1-3-28-14-26-23-22(28)24(32)30(25(33)29(23)12-17-7-5-4-6-8-17)13-21(31)27-16(2)18-9-10-19-20(11-18)35-15-34-19/h4-11,14,16H,3,12-13,15H2,1-2H3,(H,27,31). The minimum absolute atomic E-state index is 0.161. The predicted molar refractivity (Wildman–Crippen MR) is 129 cm³/mol. The van der Waals surface area contributed by atoms with Crippen LogP contribution in [0.2, 0.25) is 0 Å². The number of hydrogen-bond acceptors (Lipinski definition) is 6. The first-order chi connectivity index (χ1) is 17.0. The van der Waals surface area contributed by atoms with Gasteiger partial charge in [0.05, 0.1) is 18.9 Å². The summed E-state index contributed by atoms with van der Waals surface area (Å²) in [6.45, 7) is 4.19. The molecule has 0 fully saturated rings. The Morgan fingerprint density at radius 2 is 1.86 bits per heavy atom. The first-order valence-corrected chi connectivity index (χ1v) is 11.4. The molecule has 10 nitrogen and oxygen atoms in total. The number of fused-ring (bicyclic) bond motifs is 2. The van der Waals surface area contributed by atoms with E-state index in [9.17, 15) is 14.4 Å². The van der Waals surface area contributed by atoms with E-state index in [-0.39, 0.29) is 19.4 Å². The van der Waals surface area contributed by atoms with Crippen molar-refractivity contribution in [1.29, 1.82) is 0 Å². The summed E-state index contributed by atoms with van der Waals surface area (Å²) < 4.78 is 14.8. The van der Waals surface area contributed by atoms with Gasteiger partial charge in [-0.3, -0.25) is 14.2 Å². The van der Waals surface area contributed by atoms with Crippen molar-refractivity contribution >= 4 is 17.1 Å². The first kappa shape index (κ1) is 22.5. The van der Waals surface area contributed by atoms with Crippen molar-refractivity contribution in [3.05, 3.63) is 86.8 Å². The fraction of sp³-hybridized carbons (Fsp3) is 0.280. The highest BCUT2D eigenvalue weighted by molar-refractivity contribution is 5.77. The van der Waals surface area contributed by atoms with Crippen LogP contribution in [0.15, 0.2) is 64.4 Å². The molecule has 0 aliphatic carbocycles. The summed E-state index contributed by atoms with van der Waals surface area (Å²) in [4.78, 5) is 44.0. The van der Waals surface area contributed by atoms with E-state index < -0.39 is 23.7 Å². The number of carbonyl (C=O) groups excluding carboxylic acids is 1. The lowest BCUT2D eigenvalue weighted by Crippen LogP contribution is -2.44. The van der Waals surface area contributed by atoms with E-state index in [1.54, 1.807) is 23.0 Å². The Morgan fingerprint density at radius 3 is 2.63 bits per heavy atom. The first-order valence-electron chi connectivity index (χ1n) is 11.4. The van der Waals surface area contributed by atoms with Gasteiger partial charge in [0, 0.05) is 6.54 Å². The minimum Gasteiger partial charge on any atom is -0.454 e. The lowest BCUT2D eigenvalue weighted by Gasteiger charge is -2.16. The van der Waals surface area contributed by atoms with Crippen LogP contribution in [0.1, 0.15) is 31.0 Å². The van der Waals surface area contributed by atoms with Gasteiger partial charge in [-0.2, -0.15) is 0 Å². The normalized spacial score (nSPS) is 13.2. The van der Waals surface area contributed by atoms with E-state index in [0.29, 0.717) is 29.2 Å². The number of carbonyl (C=O) groups is 1. The molecule has 0 spiro atoms. The summed E-state index contributed by atoms with van der Waals surface area (Å²) in [5.74, 6) is 0.808. The van der Waals surface area contributed by atoms with Crippen LogP contribution in [0.25, 0.3) is 11.2 Å². The van der Waals surface area contributed by atoms with Crippen molar-refractivity contribution in [3.63, 3.8) is 0 Å². The molecule has 2 aromatic carbocycles. The van der Waals surface area contributed by atoms with E-state index >= 15 is 0 Å². The molecule has 35 heavy (non-hydrogen) atoms. The maximum absolute atomic E-state index is 13.4. The van der Waals surface area contributed by atoms with Crippen LogP contribution in [-0.2, 0) is 24.4 Å². The van der Waals surface area contributed by atoms with Crippen molar-refractivity contribution in [3.8, 4) is 11.5 Å². The molecular weight excluding hydrogens is 450 g/mol. The van der Waals surface area contributed by atoms with Gasteiger partial charge in [-0.05, 0) is 37.1 Å². The molecule has 0 saturated heterocycles. The molecule has 180 valence electrons. The summed E-state index contributed by atoms with van der Waals surface area (Å²) in [6.07, 6.45) is 1.54. The van der Waals surface area contributed by atoms with Gasteiger partial charge in [0.25, 0.3) is 5.56 Å². The van der Waals surface area contributed by atoms with Gasteiger partial charge in [0.15, 0.2) is 22.7 Å². The zero-order valence-corrected chi connectivity index (χ0v) is 19.4. The molecule has 5 rings (SSSR count). The highest BCUT2D eigenvalue weighted by Crippen LogP contribution is 2.34. The van der Waals surface area contributed by atoms with E-state index in [1.807, 2.05) is 50.2 Å². The van der Waals surface area contributed by atoms with Gasteiger partial charge in [0.2, 0.25) is 12.7 Å². The van der Waals surface area contributed by atoms with Gasteiger partial charge in [-0.25, -0.2) is 14.3 Å². The lowest BCUT2D eigenvalue weighted by molar-refractivity contribution is -0.122. The second-order valence-corrected chi connectivity index (χ2v) is 8.35. The summed E-state index contributed by atoms with van der Waals surface area (Å²) in [6, 6.07) is 14.5. The number of imidazole rings is 1. The molecule has 1 N–H and O–H groups in total. The highest BCUT2D eigenvalue weighted by Gasteiger charge is 2.21. The monoisotopic (exact) mass is 475 g/mol. The Morgan fingerprint density at radius 1 is 1.09 bits per heavy atom. The quantitative estimate of drug-likeness (QED) is 0.438. The van der Waals surface area contributed by atoms with Gasteiger partial charge >= 0.3 is 5.69 Å². The van der Waals surface area contributed by atoms with E-state index in [0.717, 1.165) is 15.7 Å². The Kier molecular flexibility index (Phi) is 5.86. The number of benzene rings is 2.